The molecule has 0 aliphatic carbocycles. The molecular formula is C23H36N6O. The summed E-state index contributed by atoms with van der Waals surface area (Å²) >= 11 is 0. The van der Waals surface area contributed by atoms with Gasteiger partial charge in [0.05, 0.1) is 24.7 Å². The number of nitrogens with one attached hydrogen (secondary N) is 1. The fourth-order valence-corrected chi connectivity index (χ4v) is 3.93. The van der Waals surface area contributed by atoms with E-state index >= 15 is 0 Å². The minimum Gasteiger partial charge on any atom is -0.476 e. The number of anilines is 1. The van der Waals surface area contributed by atoms with Gasteiger partial charge in [-0.3, -0.25) is 4.98 Å². The fourth-order valence-electron chi connectivity index (χ4n) is 3.93. The Bertz CT molecular complexity index is 722. The third kappa shape index (κ3) is 6.11. The lowest BCUT2D eigenvalue weighted by Crippen LogP contribution is -2.36. The molecule has 30 heavy (non-hydrogen) atoms. The molecule has 2 fully saturated rings. The van der Waals surface area contributed by atoms with E-state index in [0.717, 1.165) is 69.9 Å². The second kappa shape index (κ2) is 11.8. The Labute approximate surface area is 180 Å². The van der Waals surface area contributed by atoms with Gasteiger partial charge in [-0.05, 0) is 56.7 Å². The number of hydrogen-bond acceptors (Lipinski definition) is 7. The van der Waals surface area contributed by atoms with Crippen molar-refractivity contribution in [1.29, 1.82) is 0 Å². The van der Waals surface area contributed by atoms with Crippen molar-refractivity contribution in [2.45, 2.75) is 58.8 Å². The Hall–Kier alpha value is -2.28. The molecule has 0 saturated carbocycles. The van der Waals surface area contributed by atoms with Crippen molar-refractivity contribution in [2.24, 2.45) is 5.92 Å². The highest BCUT2D eigenvalue weighted by molar-refractivity contribution is 5.30. The summed E-state index contributed by atoms with van der Waals surface area (Å²) in [7, 11) is 0. The zero-order chi connectivity index (χ0) is 21.2. The topological polar surface area (TPSA) is 76.1 Å². The molecule has 2 aromatic rings. The quantitative estimate of drug-likeness (QED) is 0.776. The van der Waals surface area contributed by atoms with Gasteiger partial charge < -0.3 is 15.0 Å². The molecule has 4 rings (SSSR count). The monoisotopic (exact) mass is 412 g/mol. The average molecular weight is 413 g/mol. The van der Waals surface area contributed by atoms with Gasteiger partial charge in [-0.15, -0.1) is 0 Å². The molecule has 2 saturated heterocycles. The van der Waals surface area contributed by atoms with Crippen LogP contribution in [-0.4, -0.2) is 52.7 Å². The molecule has 7 nitrogen and oxygen atoms in total. The van der Waals surface area contributed by atoms with Gasteiger partial charge in [0.2, 0.25) is 11.8 Å². The maximum Gasteiger partial charge on any atom is 0.232 e. The molecule has 164 valence electrons. The number of aryl methyl sites for hydroxylation is 1. The summed E-state index contributed by atoms with van der Waals surface area (Å²) in [6.45, 7) is 10.9. The van der Waals surface area contributed by atoms with Gasteiger partial charge in [0, 0.05) is 31.4 Å². The van der Waals surface area contributed by atoms with Crippen molar-refractivity contribution in [3.05, 3.63) is 36.0 Å². The van der Waals surface area contributed by atoms with Gasteiger partial charge in [-0.25, -0.2) is 15.0 Å². The Balaban J connectivity index is 0.00000124. The molecule has 2 aliphatic heterocycles. The van der Waals surface area contributed by atoms with Crippen LogP contribution in [0.5, 0.6) is 5.88 Å². The van der Waals surface area contributed by atoms with E-state index in [4.69, 9.17) is 4.74 Å². The molecule has 7 heteroatoms. The van der Waals surface area contributed by atoms with Crippen LogP contribution in [0.4, 0.5) is 5.95 Å². The highest BCUT2D eigenvalue weighted by Gasteiger charge is 2.22. The summed E-state index contributed by atoms with van der Waals surface area (Å²) in [6, 6.07) is 0. The Morgan fingerprint density at radius 2 is 1.63 bits per heavy atom. The molecular weight excluding hydrogens is 376 g/mol. The van der Waals surface area contributed by atoms with Crippen LogP contribution in [0.1, 0.15) is 63.6 Å². The average Bonchev–Trinajstić information content (AvgIpc) is 2.85. The molecule has 0 spiro atoms. The molecule has 0 atom stereocenters. The maximum absolute atomic E-state index is 5.92. The zero-order valence-electron chi connectivity index (χ0n) is 18.7. The van der Waals surface area contributed by atoms with E-state index in [1.165, 1.54) is 5.56 Å². The van der Waals surface area contributed by atoms with E-state index in [-0.39, 0.29) is 0 Å². The highest BCUT2D eigenvalue weighted by Crippen LogP contribution is 2.24. The highest BCUT2D eigenvalue weighted by atomic mass is 16.5. The molecule has 0 unspecified atom stereocenters. The van der Waals surface area contributed by atoms with E-state index in [1.54, 1.807) is 6.20 Å². The molecule has 0 bridgehead atoms. The van der Waals surface area contributed by atoms with Gasteiger partial charge in [0.25, 0.3) is 0 Å². The van der Waals surface area contributed by atoms with Crippen molar-refractivity contribution in [2.75, 3.05) is 37.7 Å². The summed E-state index contributed by atoms with van der Waals surface area (Å²) in [5, 5.41) is 3.39. The number of piperidine rings is 2. The van der Waals surface area contributed by atoms with E-state index < -0.39 is 0 Å². The lowest BCUT2D eigenvalue weighted by molar-refractivity contribution is 0.214. The summed E-state index contributed by atoms with van der Waals surface area (Å²) in [6.07, 6.45) is 13.0. The first kappa shape index (κ1) is 22.4. The lowest BCUT2D eigenvalue weighted by atomic mass is 9.95. The van der Waals surface area contributed by atoms with E-state index in [0.29, 0.717) is 24.3 Å². The Morgan fingerprint density at radius 3 is 2.23 bits per heavy atom. The minimum absolute atomic E-state index is 0.528. The van der Waals surface area contributed by atoms with Crippen molar-refractivity contribution in [1.82, 2.24) is 25.3 Å². The second-order valence-electron chi connectivity index (χ2n) is 7.79. The van der Waals surface area contributed by atoms with Gasteiger partial charge >= 0.3 is 0 Å². The van der Waals surface area contributed by atoms with Crippen LogP contribution in [0.3, 0.4) is 0 Å². The molecule has 4 heterocycles. The van der Waals surface area contributed by atoms with Crippen LogP contribution in [0.2, 0.25) is 0 Å². The third-order valence-electron chi connectivity index (χ3n) is 5.87. The number of hydrogen-bond donors (Lipinski definition) is 1. The van der Waals surface area contributed by atoms with Crippen molar-refractivity contribution in [3.8, 4) is 5.88 Å². The summed E-state index contributed by atoms with van der Waals surface area (Å²) < 4.78 is 5.92. The first-order valence-corrected chi connectivity index (χ1v) is 11.5. The number of ether oxygens (including phenoxy) is 1. The molecule has 0 aromatic carbocycles. The minimum atomic E-state index is 0.528. The smallest absolute Gasteiger partial charge is 0.232 e. The largest absolute Gasteiger partial charge is 0.476 e. The number of rotatable bonds is 6. The van der Waals surface area contributed by atoms with Gasteiger partial charge in [0.15, 0.2) is 0 Å². The van der Waals surface area contributed by atoms with Crippen LogP contribution in [-0.2, 0) is 6.42 Å². The van der Waals surface area contributed by atoms with Gasteiger partial charge in [-0.2, -0.15) is 0 Å². The summed E-state index contributed by atoms with van der Waals surface area (Å²) in [5.74, 6) is 2.55. The maximum atomic E-state index is 5.92. The first-order chi connectivity index (χ1) is 14.8. The second-order valence-corrected chi connectivity index (χ2v) is 7.79. The molecule has 0 radical (unpaired) electrons. The third-order valence-corrected chi connectivity index (χ3v) is 5.87. The van der Waals surface area contributed by atoms with Crippen LogP contribution in [0, 0.1) is 5.92 Å². The fraction of sp³-hybridized carbons (Fsp3) is 0.652. The standard InChI is InChI=1S/C21H30N6O.C2H6/c1-2-16-11-25-21(26-12-16)27-9-5-17(6-10-27)15-28-20-14-23-19(13-24-20)18-3-7-22-8-4-18;1-2/h11-14,17-18,22H,2-10,15H2,1H3;1-2H3. The van der Waals surface area contributed by atoms with Crippen LogP contribution < -0.4 is 15.0 Å². The SMILES string of the molecule is CC.CCc1cnc(N2CCC(COc3cnc(C4CCNCC4)cn3)CC2)nc1. The number of aromatic nitrogens is 4. The van der Waals surface area contributed by atoms with E-state index in [9.17, 15) is 0 Å². The summed E-state index contributed by atoms with van der Waals surface area (Å²) in [5.41, 5.74) is 2.27. The normalized spacial score (nSPS) is 17.9. The summed E-state index contributed by atoms with van der Waals surface area (Å²) in [4.78, 5) is 20.3. The van der Waals surface area contributed by atoms with E-state index in [1.807, 2.05) is 32.4 Å². The number of nitrogens with zero attached hydrogens (tertiary/aromatic N) is 5. The van der Waals surface area contributed by atoms with Gasteiger partial charge in [0.1, 0.15) is 0 Å². The Morgan fingerprint density at radius 1 is 0.933 bits per heavy atom. The Kier molecular flexibility index (Phi) is 8.81. The van der Waals surface area contributed by atoms with Crippen LogP contribution >= 0.6 is 0 Å². The first-order valence-electron chi connectivity index (χ1n) is 11.5. The van der Waals surface area contributed by atoms with Crippen molar-refractivity contribution < 1.29 is 4.74 Å². The van der Waals surface area contributed by atoms with Crippen LogP contribution in [0.25, 0.3) is 0 Å². The predicted molar refractivity (Wildman–Crippen MR) is 120 cm³/mol. The van der Waals surface area contributed by atoms with Gasteiger partial charge in [-0.1, -0.05) is 20.8 Å². The van der Waals surface area contributed by atoms with E-state index in [2.05, 4.69) is 37.1 Å². The lowest BCUT2D eigenvalue weighted by Gasteiger charge is -2.31. The molecule has 2 aromatic heterocycles. The van der Waals surface area contributed by atoms with Crippen LogP contribution in [0.15, 0.2) is 24.8 Å². The molecule has 0 amide bonds. The predicted octanol–water partition coefficient (Wildman–Crippen LogP) is 3.62. The molecule has 1 N–H and O–H groups in total. The van der Waals surface area contributed by atoms with Crippen molar-refractivity contribution in [3.63, 3.8) is 0 Å². The zero-order valence-corrected chi connectivity index (χ0v) is 18.7. The molecule has 2 aliphatic rings. The van der Waals surface area contributed by atoms with Crippen molar-refractivity contribution >= 4 is 5.95 Å².